The molecule has 206 valence electrons. The first-order valence-corrected chi connectivity index (χ1v) is 12.3. The third-order valence-corrected chi connectivity index (χ3v) is 6.92. The van der Waals surface area contributed by atoms with Gasteiger partial charge in [0.05, 0.1) is 24.8 Å². The molecule has 2 heterocycles. The standard InChI is InChI=1S/C26H27ClF3N3O4.ClH/c1-14(24(34)35)15-4-6-16(7-5-15)21-12-22(33-25(31)32-21)37-23(26(28,29)30)19-9-8-18(27)11-20(19)17-3-2-10-36-13-17;/h3,6,8-9,11-12,14-15,23H,2,4-5,7,10,13H2,1H3,(H,34,35)(H2,31,32,33);1H/t14?,15?,23-;/m1./s1. The number of carboxylic acid groups (broad SMARTS) is 1. The molecular formula is C26H28Cl2F3N3O4. The van der Waals surface area contributed by atoms with Gasteiger partial charge in [-0.1, -0.05) is 36.7 Å². The first-order valence-electron chi connectivity index (χ1n) is 11.9. The highest BCUT2D eigenvalue weighted by Crippen LogP contribution is 2.41. The van der Waals surface area contributed by atoms with Crippen molar-refractivity contribution in [1.29, 1.82) is 0 Å². The molecule has 2 unspecified atom stereocenters. The average Bonchev–Trinajstić information content (AvgIpc) is 2.86. The van der Waals surface area contributed by atoms with Crippen molar-refractivity contribution in [3.8, 4) is 5.88 Å². The maximum Gasteiger partial charge on any atom is 0.429 e. The Hall–Kier alpha value is -2.82. The molecule has 0 fully saturated rings. The van der Waals surface area contributed by atoms with Crippen LogP contribution in [0.15, 0.2) is 36.4 Å². The van der Waals surface area contributed by atoms with Crippen LogP contribution in [-0.2, 0) is 9.53 Å². The summed E-state index contributed by atoms with van der Waals surface area (Å²) in [5.41, 5.74) is 7.73. The van der Waals surface area contributed by atoms with Crippen LogP contribution in [0.4, 0.5) is 19.1 Å². The van der Waals surface area contributed by atoms with Gasteiger partial charge < -0.3 is 20.3 Å². The van der Waals surface area contributed by atoms with Gasteiger partial charge in [-0.15, -0.1) is 12.4 Å². The van der Waals surface area contributed by atoms with Crippen LogP contribution in [0.5, 0.6) is 5.88 Å². The second-order valence-corrected chi connectivity index (χ2v) is 9.62. The van der Waals surface area contributed by atoms with Gasteiger partial charge in [0.2, 0.25) is 17.9 Å². The van der Waals surface area contributed by atoms with E-state index >= 15 is 0 Å². The topological polar surface area (TPSA) is 108 Å². The van der Waals surface area contributed by atoms with E-state index < -0.39 is 24.2 Å². The Morgan fingerprint density at radius 3 is 2.61 bits per heavy atom. The monoisotopic (exact) mass is 573 g/mol. The number of anilines is 1. The summed E-state index contributed by atoms with van der Waals surface area (Å²) < 4.78 is 53.9. The minimum absolute atomic E-state index is 0. The molecule has 12 heteroatoms. The SMILES string of the molecule is CC(C(=O)O)C1CC=C(c2cc(O[C@H](c3ccc(Cl)cc3C3=CCCOC3)C(F)(F)F)nc(N)n2)CC1.Cl. The van der Waals surface area contributed by atoms with Gasteiger partial charge in [-0.3, -0.25) is 4.79 Å². The zero-order valence-corrected chi connectivity index (χ0v) is 22.1. The third kappa shape index (κ3) is 6.98. The molecule has 0 spiro atoms. The van der Waals surface area contributed by atoms with E-state index in [9.17, 15) is 23.1 Å². The molecule has 1 aromatic carbocycles. The van der Waals surface area contributed by atoms with E-state index in [0.717, 1.165) is 5.57 Å². The molecule has 0 radical (unpaired) electrons. The number of carbonyl (C=O) groups is 1. The van der Waals surface area contributed by atoms with Crippen LogP contribution < -0.4 is 10.5 Å². The van der Waals surface area contributed by atoms with Crippen LogP contribution in [0.25, 0.3) is 11.1 Å². The molecule has 0 bridgehead atoms. The number of hydrogen-bond donors (Lipinski definition) is 2. The predicted molar refractivity (Wildman–Crippen MR) is 140 cm³/mol. The zero-order valence-electron chi connectivity index (χ0n) is 20.5. The number of halogens is 5. The molecule has 1 aliphatic carbocycles. The van der Waals surface area contributed by atoms with Crippen molar-refractivity contribution in [3.05, 3.63) is 58.3 Å². The summed E-state index contributed by atoms with van der Waals surface area (Å²) in [5.74, 6) is -1.94. The lowest BCUT2D eigenvalue weighted by atomic mass is 9.81. The van der Waals surface area contributed by atoms with Crippen molar-refractivity contribution in [2.24, 2.45) is 11.8 Å². The van der Waals surface area contributed by atoms with Gasteiger partial charge in [-0.2, -0.15) is 18.2 Å². The first kappa shape index (κ1) is 29.7. The van der Waals surface area contributed by atoms with E-state index in [0.29, 0.717) is 54.1 Å². The van der Waals surface area contributed by atoms with E-state index in [1.54, 1.807) is 6.92 Å². The Balaban J connectivity index is 0.00000400. The molecule has 0 saturated carbocycles. The van der Waals surface area contributed by atoms with Gasteiger partial charge in [0.25, 0.3) is 0 Å². The Bertz CT molecular complexity index is 1240. The van der Waals surface area contributed by atoms with Gasteiger partial charge in [-0.05, 0) is 60.4 Å². The molecule has 2 aliphatic rings. The Morgan fingerprint density at radius 2 is 2.00 bits per heavy atom. The van der Waals surface area contributed by atoms with E-state index in [1.165, 1.54) is 24.3 Å². The van der Waals surface area contributed by atoms with E-state index in [1.807, 2.05) is 12.2 Å². The molecule has 3 N–H and O–H groups in total. The maximum absolute atomic E-state index is 14.3. The summed E-state index contributed by atoms with van der Waals surface area (Å²) in [6, 6.07) is 5.49. The Kier molecular flexibility index (Phi) is 9.67. The van der Waals surface area contributed by atoms with Gasteiger partial charge >= 0.3 is 12.1 Å². The van der Waals surface area contributed by atoms with Crippen molar-refractivity contribution >= 4 is 47.1 Å². The van der Waals surface area contributed by atoms with E-state index in [2.05, 4.69) is 9.97 Å². The van der Waals surface area contributed by atoms with E-state index in [4.69, 9.17) is 26.8 Å². The molecule has 4 rings (SSSR count). The number of benzene rings is 1. The number of aliphatic carboxylic acids is 1. The molecule has 2 aromatic rings. The lowest BCUT2D eigenvalue weighted by Gasteiger charge is -2.26. The second kappa shape index (κ2) is 12.4. The minimum atomic E-state index is -4.77. The highest BCUT2D eigenvalue weighted by atomic mass is 35.5. The highest BCUT2D eigenvalue weighted by Gasteiger charge is 2.45. The Labute approximate surface area is 229 Å². The number of aromatic nitrogens is 2. The number of allylic oxidation sites excluding steroid dienone is 2. The fourth-order valence-electron chi connectivity index (χ4n) is 4.62. The summed E-state index contributed by atoms with van der Waals surface area (Å²) in [6.45, 7) is 2.32. The van der Waals surface area contributed by atoms with Crippen molar-refractivity contribution < 1.29 is 32.5 Å². The number of hydrogen-bond acceptors (Lipinski definition) is 6. The van der Waals surface area contributed by atoms with Crippen LogP contribution in [0.2, 0.25) is 5.02 Å². The molecule has 0 amide bonds. The Morgan fingerprint density at radius 1 is 1.24 bits per heavy atom. The average molecular weight is 574 g/mol. The first-order chi connectivity index (χ1) is 17.5. The van der Waals surface area contributed by atoms with Gasteiger partial charge in [0, 0.05) is 16.7 Å². The summed E-state index contributed by atoms with van der Waals surface area (Å²) >= 11 is 6.12. The fourth-order valence-corrected chi connectivity index (χ4v) is 4.79. The molecular weight excluding hydrogens is 546 g/mol. The molecule has 7 nitrogen and oxygen atoms in total. The second-order valence-electron chi connectivity index (χ2n) is 9.18. The summed E-state index contributed by atoms with van der Waals surface area (Å²) in [7, 11) is 0. The largest absolute Gasteiger partial charge is 0.481 e. The third-order valence-electron chi connectivity index (χ3n) is 6.69. The van der Waals surface area contributed by atoms with Gasteiger partial charge in [0.1, 0.15) is 0 Å². The summed E-state index contributed by atoms with van der Waals surface area (Å²) in [5, 5.41) is 9.56. The van der Waals surface area contributed by atoms with E-state index in [-0.39, 0.29) is 42.3 Å². The van der Waals surface area contributed by atoms with Crippen LogP contribution in [-0.4, -0.2) is 40.4 Å². The minimum Gasteiger partial charge on any atom is -0.481 e. The smallest absolute Gasteiger partial charge is 0.429 e. The molecule has 1 aromatic heterocycles. The maximum atomic E-state index is 14.3. The number of nitrogen functional groups attached to an aromatic ring is 1. The van der Waals surface area contributed by atoms with Crippen molar-refractivity contribution in [2.75, 3.05) is 18.9 Å². The van der Waals surface area contributed by atoms with Crippen LogP contribution in [0.1, 0.15) is 55.5 Å². The van der Waals surface area contributed by atoms with Crippen molar-refractivity contribution in [1.82, 2.24) is 9.97 Å². The molecule has 0 saturated heterocycles. The van der Waals surface area contributed by atoms with Crippen molar-refractivity contribution in [3.63, 3.8) is 0 Å². The lowest BCUT2D eigenvalue weighted by Crippen LogP contribution is -2.28. The van der Waals surface area contributed by atoms with Crippen LogP contribution in [0, 0.1) is 11.8 Å². The predicted octanol–water partition coefficient (Wildman–Crippen LogP) is 6.52. The molecule has 3 atom stereocenters. The van der Waals surface area contributed by atoms with Gasteiger partial charge in [-0.25, -0.2) is 4.98 Å². The number of rotatable bonds is 7. The molecule has 38 heavy (non-hydrogen) atoms. The highest BCUT2D eigenvalue weighted by molar-refractivity contribution is 6.30. The van der Waals surface area contributed by atoms with Gasteiger partial charge in [0.15, 0.2) is 0 Å². The molecule has 1 aliphatic heterocycles. The van der Waals surface area contributed by atoms with Crippen LogP contribution in [0.3, 0.4) is 0 Å². The summed E-state index contributed by atoms with van der Waals surface area (Å²) in [4.78, 5) is 19.4. The fraction of sp³-hybridized carbons (Fsp3) is 0.423. The number of ether oxygens (including phenoxy) is 2. The summed E-state index contributed by atoms with van der Waals surface area (Å²) in [6.07, 6.45) is -1.22. The van der Waals surface area contributed by atoms with Crippen molar-refractivity contribution in [2.45, 2.75) is 44.9 Å². The number of alkyl halides is 3. The zero-order chi connectivity index (χ0) is 26.7. The van der Waals surface area contributed by atoms with Crippen LogP contribution >= 0.6 is 24.0 Å². The normalized spacial score (nSPS) is 19.4. The quantitative estimate of drug-likeness (QED) is 0.388. The number of nitrogens with zero attached hydrogens (tertiary/aromatic N) is 2. The lowest BCUT2D eigenvalue weighted by molar-refractivity contribution is -0.198. The number of carboxylic acids is 1. The number of nitrogens with two attached hydrogens (primary N) is 1.